The van der Waals surface area contributed by atoms with E-state index < -0.39 is 0 Å². The second-order valence-electron chi connectivity index (χ2n) is 8.10. The Morgan fingerprint density at radius 2 is 1.55 bits per heavy atom. The van der Waals surface area contributed by atoms with Gasteiger partial charge in [0.15, 0.2) is 0 Å². The fourth-order valence-electron chi connectivity index (χ4n) is 5.64. The average Bonchev–Trinajstić information content (AvgIpc) is 2.32. The monoisotopic (exact) mass is 298 g/mol. The Balaban J connectivity index is 0.00000121. The van der Waals surface area contributed by atoms with Gasteiger partial charge >= 0.3 is 0 Å². The van der Waals surface area contributed by atoms with Crippen molar-refractivity contribution in [2.24, 2.45) is 28.9 Å². The fourth-order valence-corrected chi connectivity index (χ4v) is 5.64. The first-order valence-electron chi connectivity index (χ1n) is 8.14. The van der Waals surface area contributed by atoms with E-state index in [9.17, 15) is 4.79 Å². The lowest BCUT2D eigenvalue weighted by Crippen LogP contribution is -2.59. The Kier molecular flexibility index (Phi) is 3.57. The number of nitrogens with one attached hydrogen (secondary N) is 1. The average molecular weight is 299 g/mol. The molecule has 20 heavy (non-hydrogen) atoms. The third kappa shape index (κ3) is 2.27. The molecule has 4 bridgehead atoms. The highest BCUT2D eigenvalue weighted by Gasteiger charge is 2.54. The normalized spacial score (nSPS) is 43.5. The van der Waals surface area contributed by atoms with Crippen LogP contribution in [0.2, 0.25) is 0 Å². The Hall–Kier alpha value is -0.280. The number of halogens is 1. The molecule has 3 N–H and O–H groups in total. The first kappa shape index (κ1) is 14.6. The van der Waals surface area contributed by atoms with Gasteiger partial charge in [-0.25, -0.2) is 0 Å². The predicted molar refractivity (Wildman–Crippen MR) is 81.6 cm³/mol. The smallest absolute Gasteiger partial charge is 0.226 e. The maximum Gasteiger partial charge on any atom is 0.226 e. The minimum absolute atomic E-state index is 0. The van der Waals surface area contributed by atoms with Gasteiger partial charge in [-0.15, -0.1) is 12.4 Å². The number of nitrogens with two attached hydrogens (primary N) is 1. The van der Waals surface area contributed by atoms with E-state index in [0.717, 1.165) is 49.9 Å². The molecule has 0 saturated heterocycles. The van der Waals surface area contributed by atoms with Crippen LogP contribution in [0.1, 0.15) is 57.8 Å². The molecule has 5 aliphatic carbocycles. The molecule has 5 aliphatic rings. The summed E-state index contributed by atoms with van der Waals surface area (Å²) in [6.45, 7) is 0.702. The van der Waals surface area contributed by atoms with Crippen molar-refractivity contribution in [1.29, 1.82) is 0 Å². The van der Waals surface area contributed by atoms with Crippen molar-refractivity contribution in [3.05, 3.63) is 0 Å². The lowest BCUT2D eigenvalue weighted by Gasteiger charge is -2.56. The minimum atomic E-state index is -0.0854. The zero-order valence-electron chi connectivity index (χ0n) is 12.2. The lowest BCUT2D eigenvalue weighted by atomic mass is 9.49. The number of rotatable bonds is 3. The highest BCUT2D eigenvalue weighted by molar-refractivity contribution is 5.85. The SMILES string of the molecule is Cl.NC1(CNC(=O)C23CC4CC(CC(C4)C2)C3)CCC1. The van der Waals surface area contributed by atoms with Gasteiger partial charge in [0.2, 0.25) is 5.91 Å². The summed E-state index contributed by atoms with van der Waals surface area (Å²) in [5.41, 5.74) is 6.14. The van der Waals surface area contributed by atoms with Gasteiger partial charge in [-0.1, -0.05) is 0 Å². The fraction of sp³-hybridized carbons (Fsp3) is 0.938. The molecule has 5 rings (SSSR count). The third-order valence-electron chi connectivity index (χ3n) is 6.47. The van der Waals surface area contributed by atoms with Crippen molar-refractivity contribution in [3.63, 3.8) is 0 Å². The summed E-state index contributed by atoms with van der Waals surface area (Å²) in [6.07, 6.45) is 11.0. The summed E-state index contributed by atoms with van der Waals surface area (Å²) in [4.78, 5) is 12.7. The van der Waals surface area contributed by atoms with E-state index in [1.165, 1.54) is 25.7 Å². The molecule has 0 spiro atoms. The van der Waals surface area contributed by atoms with Gasteiger partial charge in [0.05, 0.1) is 0 Å². The number of hydrogen-bond acceptors (Lipinski definition) is 2. The van der Waals surface area contributed by atoms with Gasteiger partial charge in [-0.05, 0) is 75.5 Å². The molecule has 0 atom stereocenters. The molecule has 0 heterocycles. The highest BCUT2D eigenvalue weighted by Crippen LogP contribution is 2.60. The van der Waals surface area contributed by atoms with E-state index in [-0.39, 0.29) is 23.4 Å². The second kappa shape index (κ2) is 4.88. The van der Waals surface area contributed by atoms with Crippen molar-refractivity contribution in [3.8, 4) is 0 Å². The number of carbonyl (C=O) groups is 1. The molecule has 0 aliphatic heterocycles. The van der Waals surface area contributed by atoms with E-state index in [0.29, 0.717) is 12.5 Å². The molecule has 0 unspecified atom stereocenters. The van der Waals surface area contributed by atoms with Crippen molar-refractivity contribution in [2.45, 2.75) is 63.3 Å². The molecule has 1 amide bonds. The standard InChI is InChI=1S/C16H26N2O.ClH/c17-16(2-1-3-16)10-18-14(19)15-7-11-4-12(8-15)6-13(5-11)9-15;/h11-13H,1-10,17H2,(H,18,19);1H. The van der Waals surface area contributed by atoms with Crippen molar-refractivity contribution >= 4 is 18.3 Å². The summed E-state index contributed by atoms with van der Waals surface area (Å²) in [6, 6.07) is 0. The number of hydrogen-bond donors (Lipinski definition) is 2. The Bertz CT molecular complexity index is 370. The third-order valence-corrected chi connectivity index (χ3v) is 6.47. The summed E-state index contributed by atoms with van der Waals surface area (Å²) in [5.74, 6) is 2.86. The molecule has 5 fully saturated rings. The van der Waals surface area contributed by atoms with E-state index in [1.54, 1.807) is 0 Å². The maximum absolute atomic E-state index is 12.7. The zero-order chi connectivity index (χ0) is 13.1. The van der Waals surface area contributed by atoms with Crippen molar-refractivity contribution < 1.29 is 4.79 Å². The largest absolute Gasteiger partial charge is 0.354 e. The van der Waals surface area contributed by atoms with Crippen LogP contribution in [-0.4, -0.2) is 18.0 Å². The Morgan fingerprint density at radius 1 is 1.05 bits per heavy atom. The van der Waals surface area contributed by atoms with Crippen LogP contribution in [0.4, 0.5) is 0 Å². The van der Waals surface area contributed by atoms with Gasteiger partial charge in [0.25, 0.3) is 0 Å². The Morgan fingerprint density at radius 3 is 1.95 bits per heavy atom. The van der Waals surface area contributed by atoms with Crippen LogP contribution >= 0.6 is 12.4 Å². The molecule has 0 radical (unpaired) electrons. The topological polar surface area (TPSA) is 55.1 Å². The molecular weight excluding hydrogens is 272 g/mol. The molecule has 114 valence electrons. The van der Waals surface area contributed by atoms with E-state index in [1.807, 2.05) is 0 Å². The minimum Gasteiger partial charge on any atom is -0.354 e. The van der Waals surface area contributed by atoms with E-state index in [2.05, 4.69) is 5.32 Å². The molecular formula is C16H27ClN2O. The molecule has 3 nitrogen and oxygen atoms in total. The highest BCUT2D eigenvalue weighted by atomic mass is 35.5. The van der Waals surface area contributed by atoms with Crippen molar-refractivity contribution in [2.75, 3.05) is 6.54 Å². The van der Waals surface area contributed by atoms with Gasteiger partial charge in [0, 0.05) is 17.5 Å². The van der Waals surface area contributed by atoms with Crippen LogP contribution in [0.25, 0.3) is 0 Å². The van der Waals surface area contributed by atoms with Crippen LogP contribution < -0.4 is 11.1 Å². The number of amides is 1. The summed E-state index contributed by atoms with van der Waals surface area (Å²) in [7, 11) is 0. The van der Waals surface area contributed by atoms with Crippen LogP contribution in [-0.2, 0) is 4.79 Å². The van der Waals surface area contributed by atoms with Gasteiger partial charge in [-0.3, -0.25) is 4.79 Å². The van der Waals surface area contributed by atoms with E-state index >= 15 is 0 Å². The van der Waals surface area contributed by atoms with E-state index in [4.69, 9.17) is 5.73 Å². The molecule has 5 saturated carbocycles. The van der Waals surface area contributed by atoms with Gasteiger partial charge in [0.1, 0.15) is 0 Å². The molecule has 0 aromatic heterocycles. The Labute approximate surface area is 127 Å². The molecule has 4 heteroatoms. The predicted octanol–water partition coefficient (Wildman–Crippen LogP) is 2.62. The molecule has 0 aromatic rings. The van der Waals surface area contributed by atoms with Crippen molar-refractivity contribution in [1.82, 2.24) is 5.32 Å². The summed E-state index contributed by atoms with van der Waals surface area (Å²) < 4.78 is 0. The number of carbonyl (C=O) groups excluding carboxylic acids is 1. The lowest BCUT2D eigenvalue weighted by molar-refractivity contribution is -0.146. The molecule has 0 aromatic carbocycles. The van der Waals surface area contributed by atoms with Crippen LogP contribution in [0.5, 0.6) is 0 Å². The van der Waals surface area contributed by atoms with Crippen LogP contribution in [0.15, 0.2) is 0 Å². The zero-order valence-corrected chi connectivity index (χ0v) is 13.0. The maximum atomic E-state index is 12.7. The van der Waals surface area contributed by atoms with Crippen LogP contribution in [0.3, 0.4) is 0 Å². The first-order valence-corrected chi connectivity index (χ1v) is 8.14. The van der Waals surface area contributed by atoms with Gasteiger partial charge < -0.3 is 11.1 Å². The van der Waals surface area contributed by atoms with Gasteiger partial charge in [-0.2, -0.15) is 0 Å². The summed E-state index contributed by atoms with van der Waals surface area (Å²) in [5, 5.41) is 3.22. The summed E-state index contributed by atoms with van der Waals surface area (Å²) >= 11 is 0. The first-order chi connectivity index (χ1) is 9.07. The quantitative estimate of drug-likeness (QED) is 0.841. The second-order valence-corrected chi connectivity index (χ2v) is 8.10. The van der Waals surface area contributed by atoms with Crippen LogP contribution in [0, 0.1) is 23.2 Å².